The van der Waals surface area contributed by atoms with Crippen molar-refractivity contribution in [3.05, 3.63) is 100 Å². The molecule has 3 rings (SSSR count). The number of hydrogen-bond donors (Lipinski definition) is 2. The average Bonchev–Trinajstić information content (AvgIpc) is 2.82. The molecule has 0 radical (unpaired) electrons. The van der Waals surface area contributed by atoms with E-state index in [1.54, 1.807) is 24.3 Å². The average molecular weight is 435 g/mol. The van der Waals surface area contributed by atoms with Crippen molar-refractivity contribution in [1.29, 1.82) is 0 Å². The summed E-state index contributed by atoms with van der Waals surface area (Å²) in [5.41, 5.74) is 5.77. The molecule has 0 fully saturated rings. The monoisotopic (exact) mass is 435 g/mol. The van der Waals surface area contributed by atoms with Gasteiger partial charge in [0.15, 0.2) is 6.10 Å². The summed E-state index contributed by atoms with van der Waals surface area (Å²) in [5.74, 6) is -0.494. The first kappa shape index (κ1) is 22.3. The van der Waals surface area contributed by atoms with E-state index >= 15 is 0 Å². The first-order valence-electron chi connectivity index (χ1n) is 9.71. The van der Waals surface area contributed by atoms with Crippen molar-refractivity contribution < 1.29 is 24.0 Å². The zero-order chi connectivity index (χ0) is 22.9. The Balaban J connectivity index is 1.54. The fourth-order valence-electron chi connectivity index (χ4n) is 2.71. The van der Waals surface area contributed by atoms with Crippen molar-refractivity contribution in [2.24, 2.45) is 0 Å². The number of rotatable bonds is 8. The van der Waals surface area contributed by atoms with Crippen molar-refractivity contribution in [1.82, 2.24) is 10.9 Å². The molecule has 2 N–H and O–H groups in total. The summed E-state index contributed by atoms with van der Waals surface area (Å²) in [5, 5.41) is 10.7. The van der Waals surface area contributed by atoms with Gasteiger partial charge in [0.05, 0.1) is 10.5 Å². The minimum atomic E-state index is -0.957. The Morgan fingerprint density at radius 1 is 0.938 bits per heavy atom. The van der Waals surface area contributed by atoms with Gasteiger partial charge in [0.1, 0.15) is 18.1 Å². The zero-order valence-electron chi connectivity index (χ0n) is 17.2. The summed E-state index contributed by atoms with van der Waals surface area (Å²) in [6.45, 7) is 1.78. The molecule has 3 aromatic rings. The van der Waals surface area contributed by atoms with Crippen molar-refractivity contribution in [2.75, 3.05) is 0 Å². The Morgan fingerprint density at radius 2 is 1.59 bits per heavy atom. The highest BCUT2D eigenvalue weighted by atomic mass is 16.6. The molecule has 0 heterocycles. The summed E-state index contributed by atoms with van der Waals surface area (Å²) in [6.07, 6.45) is -0.957. The molecule has 32 heavy (non-hydrogen) atoms. The number of carbonyl (C=O) groups is 2. The minimum absolute atomic E-state index is 0.0881. The van der Waals surface area contributed by atoms with Crippen LogP contribution in [0, 0.1) is 10.1 Å². The van der Waals surface area contributed by atoms with Crippen LogP contribution in [0.5, 0.6) is 11.5 Å². The second-order valence-corrected chi connectivity index (χ2v) is 6.72. The second kappa shape index (κ2) is 10.6. The number of benzene rings is 3. The number of hydrazine groups is 1. The van der Waals surface area contributed by atoms with Gasteiger partial charge in [0, 0.05) is 12.1 Å². The first-order valence-corrected chi connectivity index (χ1v) is 9.71. The lowest BCUT2D eigenvalue weighted by molar-refractivity contribution is -0.384. The van der Waals surface area contributed by atoms with E-state index in [2.05, 4.69) is 10.9 Å². The molecule has 9 heteroatoms. The van der Waals surface area contributed by atoms with Crippen LogP contribution in [-0.4, -0.2) is 22.8 Å². The second-order valence-electron chi connectivity index (χ2n) is 6.72. The molecule has 3 aromatic carbocycles. The fraction of sp³-hybridized carbons (Fsp3) is 0.130. The van der Waals surface area contributed by atoms with Crippen LogP contribution in [0.4, 0.5) is 5.69 Å². The Bertz CT molecular complexity index is 1090. The number of nitrogens with zero attached hydrogens (tertiary/aromatic N) is 1. The summed E-state index contributed by atoms with van der Waals surface area (Å²) in [6, 6.07) is 21.5. The maximum atomic E-state index is 12.6. The summed E-state index contributed by atoms with van der Waals surface area (Å²) < 4.78 is 11.2. The summed E-state index contributed by atoms with van der Waals surface area (Å²) in [7, 11) is 0. The molecule has 0 aliphatic rings. The highest BCUT2D eigenvalue weighted by molar-refractivity contribution is 5.98. The van der Waals surface area contributed by atoms with E-state index in [1.807, 2.05) is 30.3 Å². The Labute approximate surface area is 184 Å². The maximum absolute atomic E-state index is 12.6. The minimum Gasteiger partial charge on any atom is -0.488 e. The quantitative estimate of drug-likeness (QED) is 0.413. The molecule has 0 spiro atoms. The van der Waals surface area contributed by atoms with Crippen LogP contribution in [0.3, 0.4) is 0 Å². The van der Waals surface area contributed by atoms with Crippen LogP contribution in [0.1, 0.15) is 22.8 Å². The smallest absolute Gasteiger partial charge is 0.279 e. The van der Waals surface area contributed by atoms with Crippen LogP contribution in [0.15, 0.2) is 78.9 Å². The van der Waals surface area contributed by atoms with E-state index < -0.39 is 22.8 Å². The standard InChI is InChI=1S/C23H21N3O6/c1-16(32-19-13-11-18(12-14-19)26(29)30)22(27)24-25-23(28)20-9-5-6-10-21(20)31-15-17-7-3-2-4-8-17/h2-14,16H,15H2,1H3,(H,24,27)(H,25,28). The predicted octanol–water partition coefficient (Wildman–Crippen LogP) is 3.40. The lowest BCUT2D eigenvalue weighted by Crippen LogP contribution is -2.47. The van der Waals surface area contributed by atoms with Gasteiger partial charge >= 0.3 is 0 Å². The molecule has 164 valence electrons. The number of nitro groups is 1. The molecule has 0 saturated heterocycles. The fourth-order valence-corrected chi connectivity index (χ4v) is 2.71. The molecular weight excluding hydrogens is 414 g/mol. The third-order valence-electron chi connectivity index (χ3n) is 4.40. The lowest BCUT2D eigenvalue weighted by atomic mass is 10.2. The molecule has 0 bridgehead atoms. The topological polar surface area (TPSA) is 120 Å². The van der Waals surface area contributed by atoms with Crippen LogP contribution >= 0.6 is 0 Å². The Kier molecular flexibility index (Phi) is 7.37. The molecule has 2 amide bonds. The van der Waals surface area contributed by atoms with Crippen LogP contribution in [0.25, 0.3) is 0 Å². The van der Waals surface area contributed by atoms with Crippen LogP contribution in [0.2, 0.25) is 0 Å². The van der Waals surface area contributed by atoms with E-state index in [1.165, 1.54) is 31.2 Å². The molecule has 1 unspecified atom stereocenters. The van der Waals surface area contributed by atoms with Crippen molar-refractivity contribution in [3.63, 3.8) is 0 Å². The van der Waals surface area contributed by atoms with Gasteiger partial charge in [-0.2, -0.15) is 0 Å². The number of carbonyl (C=O) groups excluding carboxylic acids is 2. The van der Waals surface area contributed by atoms with E-state index in [-0.39, 0.29) is 23.6 Å². The number of para-hydroxylation sites is 1. The van der Waals surface area contributed by atoms with Crippen LogP contribution < -0.4 is 20.3 Å². The predicted molar refractivity (Wildman–Crippen MR) is 116 cm³/mol. The van der Waals surface area contributed by atoms with E-state index in [9.17, 15) is 19.7 Å². The number of non-ortho nitro benzene ring substituents is 1. The van der Waals surface area contributed by atoms with Gasteiger partial charge in [-0.3, -0.25) is 30.6 Å². The first-order chi connectivity index (χ1) is 15.4. The summed E-state index contributed by atoms with van der Waals surface area (Å²) >= 11 is 0. The number of amides is 2. The van der Waals surface area contributed by atoms with Gasteiger partial charge in [-0.15, -0.1) is 0 Å². The third kappa shape index (κ3) is 6.05. The highest BCUT2D eigenvalue weighted by Gasteiger charge is 2.18. The Morgan fingerprint density at radius 3 is 2.28 bits per heavy atom. The van der Waals surface area contributed by atoms with Crippen molar-refractivity contribution in [3.8, 4) is 11.5 Å². The normalized spacial score (nSPS) is 11.2. The molecule has 1 atom stereocenters. The van der Waals surface area contributed by atoms with Crippen molar-refractivity contribution in [2.45, 2.75) is 19.6 Å². The zero-order valence-corrected chi connectivity index (χ0v) is 17.2. The Hall–Kier alpha value is -4.40. The van der Waals surface area contributed by atoms with Gasteiger partial charge in [0.25, 0.3) is 17.5 Å². The lowest BCUT2D eigenvalue weighted by Gasteiger charge is -2.16. The molecule has 9 nitrogen and oxygen atoms in total. The number of nitrogens with one attached hydrogen (secondary N) is 2. The van der Waals surface area contributed by atoms with Gasteiger partial charge in [0.2, 0.25) is 0 Å². The molecule has 0 aromatic heterocycles. The van der Waals surface area contributed by atoms with Gasteiger partial charge in [-0.25, -0.2) is 0 Å². The van der Waals surface area contributed by atoms with E-state index in [0.29, 0.717) is 5.75 Å². The van der Waals surface area contributed by atoms with Gasteiger partial charge in [-0.05, 0) is 36.8 Å². The summed E-state index contributed by atoms with van der Waals surface area (Å²) in [4.78, 5) is 35.0. The third-order valence-corrected chi connectivity index (χ3v) is 4.40. The molecular formula is C23H21N3O6. The largest absolute Gasteiger partial charge is 0.488 e. The maximum Gasteiger partial charge on any atom is 0.279 e. The van der Waals surface area contributed by atoms with Crippen molar-refractivity contribution >= 4 is 17.5 Å². The highest BCUT2D eigenvalue weighted by Crippen LogP contribution is 2.20. The molecule has 0 aliphatic heterocycles. The molecule has 0 saturated carbocycles. The van der Waals surface area contributed by atoms with Gasteiger partial charge < -0.3 is 9.47 Å². The van der Waals surface area contributed by atoms with Gasteiger partial charge in [-0.1, -0.05) is 42.5 Å². The number of hydrogen-bond acceptors (Lipinski definition) is 6. The van der Waals surface area contributed by atoms with Crippen LogP contribution in [-0.2, 0) is 11.4 Å². The number of nitro benzene ring substituents is 1. The van der Waals surface area contributed by atoms with E-state index in [0.717, 1.165) is 5.56 Å². The number of ether oxygens (including phenoxy) is 2. The molecule has 0 aliphatic carbocycles. The SMILES string of the molecule is CC(Oc1ccc([N+](=O)[O-])cc1)C(=O)NNC(=O)c1ccccc1OCc1ccccc1. The van der Waals surface area contributed by atoms with E-state index in [4.69, 9.17) is 9.47 Å².